The Morgan fingerprint density at radius 3 is 2.24 bits per heavy atom. The SMILES string of the molecule is CC1CCC(NC2CC(=O)N(c3ccc(C(=O)OCC(=O)c4ccc(Cl)cc4)cc3)C2=O)CC1. The largest absolute Gasteiger partial charge is 0.454 e. The van der Waals surface area contributed by atoms with Gasteiger partial charge in [-0.05, 0) is 80.1 Å². The van der Waals surface area contributed by atoms with E-state index in [1.807, 2.05) is 0 Å². The zero-order valence-corrected chi connectivity index (χ0v) is 19.7. The third kappa shape index (κ3) is 5.54. The van der Waals surface area contributed by atoms with E-state index in [-0.39, 0.29) is 35.6 Å². The number of benzene rings is 2. The molecule has 34 heavy (non-hydrogen) atoms. The molecule has 2 aromatic carbocycles. The van der Waals surface area contributed by atoms with Crippen LogP contribution in [0.15, 0.2) is 48.5 Å². The number of carbonyl (C=O) groups is 4. The lowest BCUT2D eigenvalue weighted by atomic mass is 9.87. The minimum absolute atomic E-state index is 0.126. The average Bonchev–Trinajstić information content (AvgIpc) is 3.11. The van der Waals surface area contributed by atoms with Crippen molar-refractivity contribution in [2.24, 2.45) is 5.92 Å². The Hall–Kier alpha value is -3.03. The van der Waals surface area contributed by atoms with E-state index in [4.69, 9.17) is 16.3 Å². The molecule has 1 aliphatic heterocycles. The minimum atomic E-state index is -0.668. The number of hydrogen-bond donors (Lipinski definition) is 1. The molecule has 178 valence electrons. The van der Waals surface area contributed by atoms with Gasteiger partial charge in [0.25, 0.3) is 5.91 Å². The smallest absolute Gasteiger partial charge is 0.338 e. The zero-order chi connectivity index (χ0) is 24.2. The van der Waals surface area contributed by atoms with Gasteiger partial charge in [0.2, 0.25) is 5.91 Å². The number of nitrogens with one attached hydrogen (secondary N) is 1. The number of rotatable bonds is 7. The van der Waals surface area contributed by atoms with E-state index < -0.39 is 18.6 Å². The standard InChI is InChI=1S/C26H27ClN2O5/c1-16-2-10-20(11-3-16)28-22-14-24(31)29(25(22)32)21-12-6-18(7-13-21)26(33)34-15-23(30)17-4-8-19(27)9-5-17/h4-9,12-13,16,20,22,28H,2-3,10-11,14-15H2,1H3. The number of halogens is 1. The number of hydrogen-bond acceptors (Lipinski definition) is 6. The van der Waals surface area contributed by atoms with Crippen LogP contribution < -0.4 is 10.2 Å². The van der Waals surface area contributed by atoms with Crippen LogP contribution in [-0.4, -0.2) is 42.3 Å². The summed E-state index contributed by atoms with van der Waals surface area (Å²) in [6, 6.07) is 12.1. The molecule has 1 N–H and O–H groups in total. The van der Waals surface area contributed by atoms with E-state index >= 15 is 0 Å². The molecule has 2 fully saturated rings. The predicted octanol–water partition coefficient (Wildman–Crippen LogP) is 4.18. The molecule has 1 atom stereocenters. The molecule has 2 aromatic rings. The maximum atomic E-state index is 12.9. The molecule has 2 aliphatic rings. The fourth-order valence-electron chi connectivity index (χ4n) is 4.42. The van der Waals surface area contributed by atoms with Gasteiger partial charge in [0.05, 0.1) is 23.7 Å². The highest BCUT2D eigenvalue weighted by Crippen LogP contribution is 2.27. The molecule has 2 amide bonds. The molecule has 1 saturated heterocycles. The Labute approximate surface area is 203 Å². The lowest BCUT2D eigenvalue weighted by Gasteiger charge is -2.28. The fraction of sp³-hybridized carbons (Fsp3) is 0.385. The number of anilines is 1. The van der Waals surface area contributed by atoms with Gasteiger partial charge >= 0.3 is 5.97 Å². The van der Waals surface area contributed by atoms with E-state index in [0.29, 0.717) is 22.2 Å². The van der Waals surface area contributed by atoms with Crippen molar-refractivity contribution in [1.29, 1.82) is 0 Å². The lowest BCUT2D eigenvalue weighted by Crippen LogP contribution is -2.45. The maximum absolute atomic E-state index is 12.9. The van der Waals surface area contributed by atoms with Crippen LogP contribution in [0.4, 0.5) is 5.69 Å². The second-order valence-electron chi connectivity index (χ2n) is 9.00. The summed E-state index contributed by atoms with van der Waals surface area (Å²) >= 11 is 5.81. The molecule has 1 aliphatic carbocycles. The number of ether oxygens (including phenoxy) is 1. The van der Waals surface area contributed by atoms with Crippen molar-refractivity contribution < 1.29 is 23.9 Å². The highest BCUT2D eigenvalue weighted by molar-refractivity contribution is 6.30. The van der Waals surface area contributed by atoms with E-state index in [2.05, 4.69) is 12.2 Å². The predicted molar refractivity (Wildman–Crippen MR) is 128 cm³/mol. The maximum Gasteiger partial charge on any atom is 0.338 e. The van der Waals surface area contributed by atoms with Crippen LogP contribution in [0, 0.1) is 5.92 Å². The van der Waals surface area contributed by atoms with Gasteiger partial charge < -0.3 is 10.1 Å². The number of Topliss-reactive ketones (excluding diaryl/α,β-unsaturated/α-hetero) is 1. The number of ketones is 1. The second kappa shape index (κ2) is 10.5. The highest BCUT2D eigenvalue weighted by atomic mass is 35.5. The number of esters is 1. The van der Waals surface area contributed by atoms with Crippen LogP contribution in [-0.2, 0) is 14.3 Å². The van der Waals surface area contributed by atoms with E-state index in [0.717, 1.165) is 25.7 Å². The Morgan fingerprint density at radius 2 is 1.59 bits per heavy atom. The summed E-state index contributed by atoms with van der Waals surface area (Å²) in [6.45, 7) is 1.83. The van der Waals surface area contributed by atoms with Gasteiger partial charge in [-0.2, -0.15) is 0 Å². The van der Waals surface area contributed by atoms with Crippen molar-refractivity contribution in [1.82, 2.24) is 5.32 Å². The lowest BCUT2D eigenvalue weighted by molar-refractivity contribution is -0.121. The van der Waals surface area contributed by atoms with Gasteiger partial charge in [0, 0.05) is 16.6 Å². The summed E-state index contributed by atoms with van der Waals surface area (Å²) in [4.78, 5) is 51.2. The van der Waals surface area contributed by atoms with Crippen molar-refractivity contribution in [3.63, 3.8) is 0 Å². The number of imide groups is 1. The van der Waals surface area contributed by atoms with Crippen LogP contribution in [0.25, 0.3) is 0 Å². The van der Waals surface area contributed by atoms with Crippen molar-refractivity contribution in [2.75, 3.05) is 11.5 Å². The minimum Gasteiger partial charge on any atom is -0.454 e. The molecule has 1 saturated carbocycles. The van der Waals surface area contributed by atoms with Crippen molar-refractivity contribution >= 4 is 40.9 Å². The molecule has 7 nitrogen and oxygen atoms in total. The molecule has 1 heterocycles. The molecule has 0 aromatic heterocycles. The summed E-state index contributed by atoms with van der Waals surface area (Å²) < 4.78 is 5.11. The molecule has 0 radical (unpaired) electrons. The van der Waals surface area contributed by atoms with Gasteiger partial charge in [-0.15, -0.1) is 0 Å². The summed E-state index contributed by atoms with van der Waals surface area (Å²) in [6.07, 6.45) is 4.40. The van der Waals surface area contributed by atoms with Crippen molar-refractivity contribution in [2.45, 2.75) is 51.1 Å². The quantitative estimate of drug-likeness (QED) is 0.361. The Bertz CT molecular complexity index is 1080. The van der Waals surface area contributed by atoms with Gasteiger partial charge in [-0.25, -0.2) is 9.69 Å². The third-order valence-corrected chi connectivity index (χ3v) is 6.71. The van der Waals surface area contributed by atoms with Gasteiger partial charge in [-0.3, -0.25) is 14.4 Å². The first-order valence-electron chi connectivity index (χ1n) is 11.5. The summed E-state index contributed by atoms with van der Waals surface area (Å²) in [7, 11) is 0. The Balaban J connectivity index is 1.33. The highest BCUT2D eigenvalue weighted by Gasteiger charge is 2.40. The normalized spacial score (nSPS) is 22.6. The number of amides is 2. The van der Waals surface area contributed by atoms with Crippen LogP contribution >= 0.6 is 11.6 Å². The van der Waals surface area contributed by atoms with Crippen molar-refractivity contribution in [3.05, 3.63) is 64.7 Å². The van der Waals surface area contributed by atoms with Crippen LogP contribution in [0.1, 0.15) is 59.7 Å². The zero-order valence-electron chi connectivity index (χ0n) is 19.0. The first-order valence-corrected chi connectivity index (χ1v) is 11.9. The van der Waals surface area contributed by atoms with Gasteiger partial charge in [0.15, 0.2) is 12.4 Å². The van der Waals surface area contributed by atoms with Crippen LogP contribution in [0.3, 0.4) is 0 Å². The molecule has 8 heteroatoms. The molecular formula is C26H27ClN2O5. The summed E-state index contributed by atoms with van der Waals surface area (Å²) in [5, 5.41) is 3.87. The monoisotopic (exact) mass is 482 g/mol. The Morgan fingerprint density at radius 1 is 0.971 bits per heavy atom. The van der Waals surface area contributed by atoms with Gasteiger partial charge in [0.1, 0.15) is 0 Å². The molecule has 1 unspecified atom stereocenters. The van der Waals surface area contributed by atoms with Gasteiger partial charge in [-0.1, -0.05) is 18.5 Å². The third-order valence-electron chi connectivity index (χ3n) is 6.46. The number of carbonyl (C=O) groups excluding carboxylic acids is 4. The second-order valence-corrected chi connectivity index (χ2v) is 9.44. The molecular weight excluding hydrogens is 456 g/mol. The first kappa shape index (κ1) is 24.1. The summed E-state index contributed by atoms with van der Waals surface area (Å²) in [5.41, 5.74) is 1.02. The average molecular weight is 483 g/mol. The fourth-order valence-corrected chi connectivity index (χ4v) is 4.55. The topological polar surface area (TPSA) is 92.8 Å². The van der Waals surface area contributed by atoms with E-state index in [1.54, 1.807) is 24.3 Å². The van der Waals surface area contributed by atoms with Crippen molar-refractivity contribution in [3.8, 4) is 0 Å². The molecule has 4 rings (SSSR count). The van der Waals surface area contributed by atoms with Crippen LogP contribution in [0.5, 0.6) is 0 Å². The molecule has 0 bridgehead atoms. The first-order chi connectivity index (χ1) is 16.3. The Kier molecular flexibility index (Phi) is 7.44. The molecule has 0 spiro atoms. The number of nitrogens with zero attached hydrogens (tertiary/aromatic N) is 1. The van der Waals surface area contributed by atoms with E-state index in [9.17, 15) is 19.2 Å². The van der Waals surface area contributed by atoms with E-state index in [1.165, 1.54) is 29.2 Å². The van der Waals surface area contributed by atoms with Crippen LogP contribution in [0.2, 0.25) is 5.02 Å². The summed E-state index contributed by atoms with van der Waals surface area (Å²) in [5.74, 6) is -0.848.